The Morgan fingerprint density at radius 3 is 2.61 bits per heavy atom. The molecule has 0 aliphatic rings. The first-order chi connectivity index (χ1) is 10.8. The molecule has 6 heteroatoms. The molecule has 0 unspecified atom stereocenters. The molecule has 1 amide bonds. The molecule has 2 rings (SSSR count). The molecule has 1 aromatic heterocycles. The highest BCUT2D eigenvalue weighted by atomic mass is 79.9. The molecule has 0 saturated heterocycles. The second-order valence-electron chi connectivity index (χ2n) is 5.91. The van der Waals surface area contributed by atoms with Crippen LogP contribution in [0.4, 0.5) is 11.6 Å². The summed E-state index contributed by atoms with van der Waals surface area (Å²) < 4.78 is 1.01. The van der Waals surface area contributed by atoms with Crippen LogP contribution in [0.15, 0.2) is 28.7 Å². The van der Waals surface area contributed by atoms with E-state index in [0.717, 1.165) is 21.4 Å². The van der Waals surface area contributed by atoms with Crippen LogP contribution in [0.2, 0.25) is 0 Å². The van der Waals surface area contributed by atoms with E-state index in [-0.39, 0.29) is 5.91 Å². The maximum absolute atomic E-state index is 12.2. The fourth-order valence-corrected chi connectivity index (χ4v) is 2.49. The zero-order valence-corrected chi connectivity index (χ0v) is 15.4. The lowest BCUT2D eigenvalue weighted by molar-refractivity contribution is 0.0944. The van der Waals surface area contributed by atoms with E-state index in [0.29, 0.717) is 24.1 Å². The van der Waals surface area contributed by atoms with Gasteiger partial charge in [0.05, 0.1) is 0 Å². The molecule has 2 aromatic rings. The molecule has 2 N–H and O–H groups in total. The number of carbonyl (C=O) groups is 1. The predicted molar refractivity (Wildman–Crippen MR) is 96.1 cm³/mol. The number of hydrogen-bond acceptors (Lipinski definition) is 4. The van der Waals surface area contributed by atoms with E-state index >= 15 is 0 Å². The van der Waals surface area contributed by atoms with E-state index < -0.39 is 0 Å². The molecule has 0 saturated carbocycles. The van der Waals surface area contributed by atoms with Crippen molar-refractivity contribution in [1.29, 1.82) is 0 Å². The molecule has 1 aromatic carbocycles. The Hall–Kier alpha value is -1.95. The van der Waals surface area contributed by atoms with Crippen LogP contribution in [0, 0.1) is 19.8 Å². The lowest BCUT2D eigenvalue weighted by Gasteiger charge is -2.11. The van der Waals surface area contributed by atoms with E-state index in [2.05, 4.69) is 50.4 Å². The van der Waals surface area contributed by atoms with Crippen LogP contribution in [0.5, 0.6) is 0 Å². The summed E-state index contributed by atoms with van der Waals surface area (Å²) in [6.07, 6.45) is 0. The van der Waals surface area contributed by atoms with Gasteiger partial charge in [0.1, 0.15) is 5.69 Å². The van der Waals surface area contributed by atoms with Gasteiger partial charge in [0.25, 0.3) is 5.91 Å². The Kier molecular flexibility index (Phi) is 5.71. The normalized spacial score (nSPS) is 10.7. The quantitative estimate of drug-likeness (QED) is 0.827. The lowest BCUT2D eigenvalue weighted by atomic mass is 10.2. The third-order valence-electron chi connectivity index (χ3n) is 3.19. The SMILES string of the molecule is Cc1cc(C(=O)NCC(C)C)nc(Nc2ccc(Br)cc2C)n1. The van der Waals surface area contributed by atoms with Gasteiger partial charge in [0, 0.05) is 22.4 Å². The minimum atomic E-state index is -0.181. The van der Waals surface area contributed by atoms with Gasteiger partial charge in [-0.3, -0.25) is 4.79 Å². The van der Waals surface area contributed by atoms with Gasteiger partial charge in [0.2, 0.25) is 5.95 Å². The fraction of sp³-hybridized carbons (Fsp3) is 0.353. The molecule has 0 spiro atoms. The van der Waals surface area contributed by atoms with Crippen molar-refractivity contribution in [1.82, 2.24) is 15.3 Å². The summed E-state index contributed by atoms with van der Waals surface area (Å²) in [5.41, 5.74) is 3.09. The standard InChI is InChI=1S/C17H21BrN4O/c1-10(2)9-19-16(23)15-8-12(4)20-17(22-15)21-14-6-5-13(18)7-11(14)3/h5-8,10H,9H2,1-4H3,(H,19,23)(H,20,21,22). The van der Waals surface area contributed by atoms with Gasteiger partial charge in [-0.1, -0.05) is 29.8 Å². The van der Waals surface area contributed by atoms with Gasteiger partial charge in [-0.2, -0.15) is 0 Å². The first kappa shape index (κ1) is 17.4. The van der Waals surface area contributed by atoms with Gasteiger partial charge < -0.3 is 10.6 Å². The third-order valence-corrected chi connectivity index (χ3v) is 3.69. The third kappa shape index (κ3) is 5.03. The average Bonchev–Trinajstić information content (AvgIpc) is 2.47. The van der Waals surface area contributed by atoms with Crippen LogP contribution < -0.4 is 10.6 Å². The van der Waals surface area contributed by atoms with Gasteiger partial charge >= 0.3 is 0 Å². The Balaban J connectivity index is 2.21. The van der Waals surface area contributed by atoms with Crippen LogP contribution in [0.25, 0.3) is 0 Å². The zero-order chi connectivity index (χ0) is 17.0. The maximum atomic E-state index is 12.2. The molecular formula is C17H21BrN4O. The molecule has 0 bridgehead atoms. The van der Waals surface area contributed by atoms with Crippen molar-refractivity contribution in [2.24, 2.45) is 5.92 Å². The van der Waals surface area contributed by atoms with Crippen molar-refractivity contribution in [2.45, 2.75) is 27.7 Å². The second kappa shape index (κ2) is 7.55. The number of aromatic nitrogens is 2. The Labute approximate surface area is 145 Å². The van der Waals surface area contributed by atoms with Crippen molar-refractivity contribution < 1.29 is 4.79 Å². The summed E-state index contributed by atoms with van der Waals surface area (Å²) in [5.74, 6) is 0.634. The number of benzene rings is 1. The van der Waals surface area contributed by atoms with Crippen LogP contribution in [-0.4, -0.2) is 22.4 Å². The first-order valence-corrected chi connectivity index (χ1v) is 8.31. The molecule has 0 aliphatic carbocycles. The molecular weight excluding hydrogens is 356 g/mol. The number of nitrogens with one attached hydrogen (secondary N) is 2. The van der Waals surface area contributed by atoms with Crippen molar-refractivity contribution >= 4 is 33.5 Å². The van der Waals surface area contributed by atoms with Crippen molar-refractivity contribution in [3.05, 3.63) is 45.7 Å². The largest absolute Gasteiger partial charge is 0.350 e. The van der Waals surface area contributed by atoms with Gasteiger partial charge in [0.15, 0.2) is 0 Å². The molecule has 0 aliphatic heterocycles. The van der Waals surface area contributed by atoms with Crippen LogP contribution >= 0.6 is 15.9 Å². The molecule has 122 valence electrons. The fourth-order valence-electron chi connectivity index (χ4n) is 2.02. The minimum Gasteiger partial charge on any atom is -0.350 e. The minimum absolute atomic E-state index is 0.181. The topological polar surface area (TPSA) is 66.9 Å². The molecule has 23 heavy (non-hydrogen) atoms. The van der Waals surface area contributed by atoms with Crippen molar-refractivity contribution in [2.75, 3.05) is 11.9 Å². The highest BCUT2D eigenvalue weighted by Gasteiger charge is 2.11. The van der Waals surface area contributed by atoms with E-state index in [1.54, 1.807) is 6.07 Å². The Morgan fingerprint density at radius 2 is 1.96 bits per heavy atom. The summed E-state index contributed by atoms with van der Waals surface area (Å²) >= 11 is 3.44. The predicted octanol–water partition coefficient (Wildman–Crippen LogP) is 3.99. The second-order valence-corrected chi connectivity index (χ2v) is 6.82. The monoisotopic (exact) mass is 376 g/mol. The molecule has 0 atom stereocenters. The lowest BCUT2D eigenvalue weighted by Crippen LogP contribution is -2.28. The van der Waals surface area contributed by atoms with Gasteiger partial charge in [-0.25, -0.2) is 9.97 Å². The number of carbonyl (C=O) groups excluding carboxylic acids is 1. The van der Waals surface area contributed by atoms with Crippen LogP contribution in [0.1, 0.15) is 35.6 Å². The number of aryl methyl sites for hydroxylation is 2. The van der Waals surface area contributed by atoms with Crippen LogP contribution in [-0.2, 0) is 0 Å². The summed E-state index contributed by atoms with van der Waals surface area (Å²) in [4.78, 5) is 20.9. The number of anilines is 2. The Bertz CT molecular complexity index is 716. The molecule has 0 fully saturated rings. The van der Waals surface area contributed by atoms with Crippen molar-refractivity contribution in [3.63, 3.8) is 0 Å². The van der Waals surface area contributed by atoms with E-state index in [9.17, 15) is 4.79 Å². The molecule has 5 nitrogen and oxygen atoms in total. The molecule has 0 radical (unpaired) electrons. The highest BCUT2D eigenvalue weighted by Crippen LogP contribution is 2.22. The number of hydrogen-bond donors (Lipinski definition) is 2. The number of amides is 1. The van der Waals surface area contributed by atoms with E-state index in [1.807, 2.05) is 32.0 Å². The van der Waals surface area contributed by atoms with Gasteiger partial charge in [-0.05, 0) is 49.6 Å². The Morgan fingerprint density at radius 1 is 1.22 bits per heavy atom. The number of halogens is 1. The van der Waals surface area contributed by atoms with Crippen molar-refractivity contribution in [3.8, 4) is 0 Å². The summed E-state index contributed by atoms with van der Waals surface area (Å²) in [6.45, 7) is 8.57. The number of nitrogens with zero attached hydrogens (tertiary/aromatic N) is 2. The summed E-state index contributed by atoms with van der Waals surface area (Å²) in [7, 11) is 0. The molecule has 1 heterocycles. The summed E-state index contributed by atoms with van der Waals surface area (Å²) in [5, 5.41) is 6.05. The average molecular weight is 377 g/mol. The maximum Gasteiger partial charge on any atom is 0.270 e. The number of rotatable bonds is 5. The van der Waals surface area contributed by atoms with E-state index in [4.69, 9.17) is 0 Å². The van der Waals surface area contributed by atoms with E-state index in [1.165, 1.54) is 0 Å². The van der Waals surface area contributed by atoms with Gasteiger partial charge in [-0.15, -0.1) is 0 Å². The summed E-state index contributed by atoms with van der Waals surface area (Å²) in [6, 6.07) is 7.59. The highest BCUT2D eigenvalue weighted by molar-refractivity contribution is 9.10. The zero-order valence-electron chi connectivity index (χ0n) is 13.8. The smallest absolute Gasteiger partial charge is 0.270 e. The van der Waals surface area contributed by atoms with Crippen LogP contribution in [0.3, 0.4) is 0 Å². The first-order valence-electron chi connectivity index (χ1n) is 7.52.